The zero-order valence-corrected chi connectivity index (χ0v) is 21.1. The monoisotopic (exact) mass is 487 g/mol. The van der Waals surface area contributed by atoms with Crippen molar-refractivity contribution in [3.8, 4) is 11.1 Å². The van der Waals surface area contributed by atoms with Crippen LogP contribution in [0.5, 0.6) is 0 Å². The van der Waals surface area contributed by atoms with Crippen LogP contribution in [-0.4, -0.2) is 29.2 Å². The minimum absolute atomic E-state index is 0.0336. The van der Waals surface area contributed by atoms with Gasteiger partial charge in [0.1, 0.15) is 12.6 Å². The maximum absolute atomic E-state index is 13.9. The van der Waals surface area contributed by atoms with Crippen molar-refractivity contribution in [3.05, 3.63) is 131 Å². The molecule has 4 aromatic carbocycles. The van der Waals surface area contributed by atoms with Crippen LogP contribution in [0.2, 0.25) is 0 Å². The second-order valence-corrected chi connectivity index (χ2v) is 10.4. The van der Waals surface area contributed by atoms with Crippen molar-refractivity contribution < 1.29 is 14.3 Å². The second-order valence-electron chi connectivity index (χ2n) is 10.4. The Kier molecular flexibility index (Phi) is 5.58. The first-order valence-electron chi connectivity index (χ1n) is 12.7. The summed E-state index contributed by atoms with van der Waals surface area (Å²) in [7, 11) is 0. The van der Waals surface area contributed by atoms with E-state index < -0.39 is 17.0 Å². The van der Waals surface area contributed by atoms with Crippen molar-refractivity contribution in [1.29, 1.82) is 0 Å². The van der Waals surface area contributed by atoms with E-state index in [0.717, 1.165) is 33.4 Å². The molecule has 1 atom stereocenters. The summed E-state index contributed by atoms with van der Waals surface area (Å²) in [4.78, 5) is 29.6. The average molecular weight is 488 g/mol. The number of fused-ring (bicyclic) bond motifs is 3. The zero-order valence-electron chi connectivity index (χ0n) is 21.1. The van der Waals surface area contributed by atoms with E-state index in [0.29, 0.717) is 0 Å². The van der Waals surface area contributed by atoms with Crippen LogP contribution in [0.4, 0.5) is 0 Å². The molecule has 4 aromatic rings. The zero-order chi connectivity index (χ0) is 25.6. The lowest BCUT2D eigenvalue weighted by Gasteiger charge is -2.44. The van der Waals surface area contributed by atoms with Crippen LogP contribution < -0.4 is 0 Å². The van der Waals surface area contributed by atoms with Gasteiger partial charge in [0.05, 0.1) is 17.5 Å². The van der Waals surface area contributed by atoms with Crippen LogP contribution in [0.1, 0.15) is 36.1 Å². The number of carbonyl (C=O) groups excluding carboxylic acids is 2. The van der Waals surface area contributed by atoms with E-state index in [2.05, 4.69) is 41.3 Å². The highest BCUT2D eigenvalue weighted by Gasteiger charge is 2.61. The van der Waals surface area contributed by atoms with Crippen LogP contribution in [0, 0.1) is 5.41 Å². The predicted molar refractivity (Wildman–Crippen MR) is 144 cm³/mol. The normalized spacial score (nSPS) is 19.3. The first-order valence-corrected chi connectivity index (χ1v) is 12.7. The molecule has 1 aliphatic carbocycles. The SMILES string of the molecule is CC1(C)C(=O)CN(C2(c3ccccc3)c3ccccc3-c3ccccc32)[C@@H]1C(=O)OCc1ccccc1. The number of carbonyl (C=O) groups is 2. The fourth-order valence-corrected chi connectivity index (χ4v) is 6.21. The van der Waals surface area contributed by atoms with E-state index in [9.17, 15) is 9.59 Å². The second kappa shape index (κ2) is 8.82. The van der Waals surface area contributed by atoms with Gasteiger partial charge in [-0.2, -0.15) is 0 Å². The quantitative estimate of drug-likeness (QED) is 0.325. The van der Waals surface area contributed by atoms with E-state index in [-0.39, 0.29) is 24.9 Å². The number of likely N-dealkylation sites (tertiary alicyclic amines) is 1. The largest absolute Gasteiger partial charge is 0.460 e. The summed E-state index contributed by atoms with van der Waals surface area (Å²) in [5, 5.41) is 0. The van der Waals surface area contributed by atoms with E-state index in [4.69, 9.17) is 4.74 Å². The Bertz CT molecular complexity index is 1430. The molecule has 2 aliphatic rings. The minimum Gasteiger partial charge on any atom is -0.460 e. The van der Waals surface area contributed by atoms with Crippen LogP contribution in [0.3, 0.4) is 0 Å². The molecular formula is C33H29NO3. The number of Topliss-reactive ketones (excluding diaryl/α,β-unsaturated/α-hetero) is 1. The molecule has 0 radical (unpaired) electrons. The number of rotatable bonds is 5. The molecule has 0 bridgehead atoms. The fraction of sp³-hybridized carbons (Fsp3) is 0.212. The molecule has 0 spiro atoms. The van der Waals surface area contributed by atoms with Gasteiger partial charge in [0.25, 0.3) is 0 Å². The number of nitrogens with zero attached hydrogens (tertiary/aromatic N) is 1. The molecule has 0 saturated carbocycles. The third-order valence-corrected chi connectivity index (χ3v) is 8.02. The van der Waals surface area contributed by atoms with Gasteiger partial charge < -0.3 is 4.74 Å². The molecule has 0 unspecified atom stereocenters. The Labute approximate surface area is 217 Å². The molecule has 37 heavy (non-hydrogen) atoms. The summed E-state index contributed by atoms with van der Waals surface area (Å²) in [5.41, 5.74) is 4.61. The summed E-state index contributed by atoms with van der Waals surface area (Å²) in [6, 6.07) is 35.8. The van der Waals surface area contributed by atoms with Crippen molar-refractivity contribution >= 4 is 11.8 Å². The maximum atomic E-state index is 13.9. The number of ether oxygens (including phenoxy) is 1. The molecule has 1 aliphatic heterocycles. The van der Waals surface area contributed by atoms with Crippen LogP contribution in [0.15, 0.2) is 109 Å². The Morgan fingerprint density at radius 2 is 1.30 bits per heavy atom. The summed E-state index contributed by atoms with van der Waals surface area (Å²) in [6.45, 7) is 4.06. The summed E-state index contributed by atoms with van der Waals surface area (Å²) < 4.78 is 5.91. The first-order chi connectivity index (χ1) is 18.0. The van der Waals surface area contributed by atoms with Crippen LogP contribution >= 0.6 is 0 Å². The van der Waals surface area contributed by atoms with Crippen LogP contribution in [0.25, 0.3) is 11.1 Å². The minimum atomic E-state index is -0.915. The van der Waals surface area contributed by atoms with Gasteiger partial charge in [-0.1, -0.05) is 123 Å². The van der Waals surface area contributed by atoms with Crippen molar-refractivity contribution in [2.45, 2.75) is 32.0 Å². The Morgan fingerprint density at radius 3 is 1.89 bits per heavy atom. The first kappa shape index (κ1) is 23.4. The molecule has 184 valence electrons. The van der Waals surface area contributed by atoms with Gasteiger partial charge in [-0.25, -0.2) is 0 Å². The number of esters is 1. The van der Waals surface area contributed by atoms with Gasteiger partial charge in [0.2, 0.25) is 0 Å². The molecule has 4 heteroatoms. The third kappa shape index (κ3) is 3.47. The highest BCUT2D eigenvalue weighted by atomic mass is 16.5. The van der Waals surface area contributed by atoms with Gasteiger partial charge in [-0.05, 0) is 33.4 Å². The summed E-state index contributed by atoms with van der Waals surface area (Å²) in [6.07, 6.45) is 0. The third-order valence-electron chi connectivity index (χ3n) is 8.02. The Hall–Kier alpha value is -4.02. The van der Waals surface area contributed by atoms with E-state index >= 15 is 0 Å². The lowest BCUT2D eigenvalue weighted by Crippen LogP contribution is -2.55. The van der Waals surface area contributed by atoms with Gasteiger partial charge in [-0.15, -0.1) is 0 Å². The Morgan fingerprint density at radius 1 is 0.784 bits per heavy atom. The summed E-state index contributed by atoms with van der Waals surface area (Å²) in [5.74, 6) is -0.344. The van der Waals surface area contributed by atoms with Gasteiger partial charge in [0.15, 0.2) is 5.78 Å². The molecule has 0 N–H and O–H groups in total. The average Bonchev–Trinajstić information content (AvgIpc) is 3.36. The van der Waals surface area contributed by atoms with Crippen molar-refractivity contribution in [2.24, 2.45) is 5.41 Å². The summed E-state index contributed by atoms with van der Waals surface area (Å²) >= 11 is 0. The lowest BCUT2D eigenvalue weighted by atomic mass is 9.77. The fourth-order valence-electron chi connectivity index (χ4n) is 6.21. The predicted octanol–water partition coefficient (Wildman–Crippen LogP) is 5.98. The van der Waals surface area contributed by atoms with Crippen molar-refractivity contribution in [2.75, 3.05) is 6.54 Å². The smallest absolute Gasteiger partial charge is 0.324 e. The van der Waals surface area contributed by atoms with E-state index in [1.807, 2.05) is 86.6 Å². The highest BCUT2D eigenvalue weighted by Crippen LogP contribution is 2.57. The topological polar surface area (TPSA) is 46.6 Å². The molecule has 4 nitrogen and oxygen atoms in total. The van der Waals surface area contributed by atoms with Crippen molar-refractivity contribution in [1.82, 2.24) is 4.90 Å². The van der Waals surface area contributed by atoms with Crippen molar-refractivity contribution in [3.63, 3.8) is 0 Å². The molecule has 0 amide bonds. The molecule has 1 heterocycles. The number of ketones is 1. The van der Waals surface area contributed by atoms with E-state index in [1.165, 1.54) is 0 Å². The molecular weight excluding hydrogens is 458 g/mol. The standard InChI is InChI=1S/C33H29NO3/c1-32(2)29(35)21-34(30(32)31(36)37-22-23-13-5-3-6-14-23)33(24-15-7-4-8-16-24)27-19-11-9-17-25(27)26-18-10-12-20-28(26)33/h3-20,30H,21-22H2,1-2H3/t30-/m1/s1. The van der Waals surface area contributed by atoms with Gasteiger partial charge in [-0.3, -0.25) is 14.5 Å². The van der Waals surface area contributed by atoms with Gasteiger partial charge >= 0.3 is 5.97 Å². The number of benzene rings is 4. The maximum Gasteiger partial charge on any atom is 0.324 e. The molecule has 0 aromatic heterocycles. The number of hydrogen-bond donors (Lipinski definition) is 0. The van der Waals surface area contributed by atoms with E-state index in [1.54, 1.807) is 0 Å². The molecule has 6 rings (SSSR count). The molecule has 1 fully saturated rings. The number of hydrogen-bond acceptors (Lipinski definition) is 4. The van der Waals surface area contributed by atoms with Gasteiger partial charge in [0, 0.05) is 0 Å². The highest BCUT2D eigenvalue weighted by molar-refractivity contribution is 5.97. The Balaban J connectivity index is 1.55. The van der Waals surface area contributed by atoms with Crippen LogP contribution in [-0.2, 0) is 26.5 Å². The lowest BCUT2D eigenvalue weighted by molar-refractivity contribution is -0.156. The molecule has 1 saturated heterocycles.